The molecule has 0 fully saturated rings. The standard InChI is InChI=1S/C27H24N4/c1-3-9-23(10-4-1)26(30-16-14-28-20-30)19-22-8-7-13-25(18-22)27(31-17-15-29-21-31)24-11-5-2-6-12-24/h1-18,20-21,26-27H,19H2. The number of benzene rings is 3. The van der Waals surface area contributed by atoms with Gasteiger partial charge in [0.1, 0.15) is 0 Å². The van der Waals surface area contributed by atoms with Gasteiger partial charge < -0.3 is 9.13 Å². The van der Waals surface area contributed by atoms with Crippen LogP contribution in [0.2, 0.25) is 0 Å². The quantitative estimate of drug-likeness (QED) is 0.357. The van der Waals surface area contributed by atoms with E-state index in [1.165, 1.54) is 22.3 Å². The zero-order valence-electron chi connectivity index (χ0n) is 17.2. The second-order valence-electron chi connectivity index (χ2n) is 7.71. The Balaban J connectivity index is 1.52. The molecule has 4 nitrogen and oxygen atoms in total. The van der Waals surface area contributed by atoms with Crippen molar-refractivity contribution in [1.82, 2.24) is 19.1 Å². The fourth-order valence-electron chi connectivity index (χ4n) is 4.23. The summed E-state index contributed by atoms with van der Waals surface area (Å²) < 4.78 is 4.35. The van der Waals surface area contributed by atoms with Crippen molar-refractivity contribution < 1.29 is 0 Å². The van der Waals surface area contributed by atoms with Gasteiger partial charge in [-0.1, -0.05) is 84.9 Å². The van der Waals surface area contributed by atoms with Crippen LogP contribution in [0.25, 0.3) is 0 Å². The average Bonchev–Trinajstić information content (AvgIpc) is 3.54. The summed E-state index contributed by atoms with van der Waals surface area (Å²) in [6.45, 7) is 0. The maximum Gasteiger partial charge on any atom is 0.0954 e. The van der Waals surface area contributed by atoms with Crippen LogP contribution < -0.4 is 0 Å². The molecule has 5 aromatic rings. The second-order valence-corrected chi connectivity index (χ2v) is 7.71. The minimum Gasteiger partial charge on any atom is -0.330 e. The van der Waals surface area contributed by atoms with Gasteiger partial charge >= 0.3 is 0 Å². The lowest BCUT2D eigenvalue weighted by atomic mass is 9.93. The topological polar surface area (TPSA) is 35.6 Å². The van der Waals surface area contributed by atoms with E-state index >= 15 is 0 Å². The number of hydrogen-bond donors (Lipinski definition) is 0. The molecule has 0 aliphatic carbocycles. The summed E-state index contributed by atoms with van der Waals surface area (Å²) >= 11 is 0. The van der Waals surface area contributed by atoms with Gasteiger partial charge in [0.25, 0.3) is 0 Å². The van der Waals surface area contributed by atoms with E-state index in [1.54, 1.807) is 0 Å². The summed E-state index contributed by atoms with van der Waals surface area (Å²) in [5, 5.41) is 0. The highest BCUT2D eigenvalue weighted by Gasteiger charge is 2.18. The highest BCUT2D eigenvalue weighted by molar-refractivity contribution is 5.36. The molecule has 2 heterocycles. The van der Waals surface area contributed by atoms with Gasteiger partial charge in [0.05, 0.1) is 24.7 Å². The van der Waals surface area contributed by atoms with Gasteiger partial charge in [0, 0.05) is 24.8 Å². The van der Waals surface area contributed by atoms with Gasteiger partial charge in [-0.05, 0) is 28.7 Å². The number of imidazole rings is 2. The summed E-state index contributed by atoms with van der Waals surface area (Å²) in [4.78, 5) is 8.57. The maximum atomic E-state index is 4.29. The molecule has 4 heteroatoms. The predicted octanol–water partition coefficient (Wildman–Crippen LogP) is 5.55. The SMILES string of the molecule is c1ccc(C(Cc2cccc(C(c3ccccc3)n3ccnc3)c2)n2ccnc2)cc1. The first kappa shape index (κ1) is 19.1. The van der Waals surface area contributed by atoms with Crippen LogP contribution in [-0.4, -0.2) is 19.1 Å². The molecule has 2 aromatic heterocycles. The summed E-state index contributed by atoms with van der Waals surface area (Å²) in [5.41, 5.74) is 5.06. The van der Waals surface area contributed by atoms with E-state index in [0.29, 0.717) is 0 Å². The van der Waals surface area contributed by atoms with Crippen molar-refractivity contribution >= 4 is 0 Å². The number of aromatic nitrogens is 4. The molecule has 0 saturated carbocycles. The minimum atomic E-state index is 0.0899. The zero-order valence-corrected chi connectivity index (χ0v) is 17.2. The molecule has 0 bridgehead atoms. The normalized spacial score (nSPS) is 13.0. The van der Waals surface area contributed by atoms with Crippen molar-refractivity contribution in [3.63, 3.8) is 0 Å². The molecule has 0 aliphatic heterocycles. The van der Waals surface area contributed by atoms with E-state index in [0.717, 1.165) is 6.42 Å². The fraction of sp³-hybridized carbons (Fsp3) is 0.111. The molecule has 0 amide bonds. The zero-order chi connectivity index (χ0) is 20.9. The Labute approximate surface area is 182 Å². The molecule has 0 radical (unpaired) electrons. The molecular formula is C27H24N4. The molecule has 2 atom stereocenters. The highest BCUT2D eigenvalue weighted by Crippen LogP contribution is 2.29. The van der Waals surface area contributed by atoms with Gasteiger partial charge in [-0.3, -0.25) is 0 Å². The smallest absolute Gasteiger partial charge is 0.0954 e. The first-order valence-corrected chi connectivity index (χ1v) is 10.5. The maximum absolute atomic E-state index is 4.29. The molecule has 0 saturated heterocycles. The molecule has 31 heavy (non-hydrogen) atoms. The van der Waals surface area contributed by atoms with Gasteiger partial charge in [0.15, 0.2) is 0 Å². The summed E-state index contributed by atoms with van der Waals surface area (Å²) in [6.07, 6.45) is 12.4. The van der Waals surface area contributed by atoms with E-state index in [4.69, 9.17) is 0 Å². The fourth-order valence-corrected chi connectivity index (χ4v) is 4.23. The van der Waals surface area contributed by atoms with Crippen LogP contribution in [-0.2, 0) is 6.42 Å². The van der Waals surface area contributed by atoms with Crippen LogP contribution in [0, 0.1) is 0 Å². The van der Waals surface area contributed by atoms with E-state index in [1.807, 2.05) is 37.4 Å². The Bertz CT molecular complexity index is 1200. The molecule has 5 rings (SSSR count). The van der Waals surface area contributed by atoms with Crippen LogP contribution in [0.5, 0.6) is 0 Å². The Morgan fingerprint density at radius 3 is 1.87 bits per heavy atom. The van der Waals surface area contributed by atoms with E-state index < -0.39 is 0 Å². The Morgan fingerprint density at radius 2 is 1.23 bits per heavy atom. The Morgan fingerprint density at radius 1 is 0.613 bits per heavy atom. The predicted molar refractivity (Wildman–Crippen MR) is 123 cm³/mol. The lowest BCUT2D eigenvalue weighted by Gasteiger charge is -2.22. The van der Waals surface area contributed by atoms with Crippen molar-refractivity contribution in [1.29, 1.82) is 0 Å². The van der Waals surface area contributed by atoms with E-state index in [2.05, 4.69) is 104 Å². The first-order valence-electron chi connectivity index (χ1n) is 10.5. The van der Waals surface area contributed by atoms with Crippen molar-refractivity contribution in [2.75, 3.05) is 0 Å². The molecule has 2 unspecified atom stereocenters. The van der Waals surface area contributed by atoms with Gasteiger partial charge in [0.2, 0.25) is 0 Å². The Hall–Kier alpha value is -3.92. The second kappa shape index (κ2) is 8.84. The number of nitrogens with zero attached hydrogens (tertiary/aromatic N) is 4. The third-order valence-electron chi connectivity index (χ3n) is 5.70. The Kier molecular flexibility index (Phi) is 5.44. The average molecular weight is 405 g/mol. The molecule has 152 valence electrons. The molecule has 3 aromatic carbocycles. The van der Waals surface area contributed by atoms with Crippen molar-refractivity contribution in [2.45, 2.75) is 18.5 Å². The van der Waals surface area contributed by atoms with Crippen LogP contribution >= 0.6 is 0 Å². The summed E-state index contributed by atoms with van der Waals surface area (Å²) in [7, 11) is 0. The number of rotatable bonds is 7. The molecular weight excluding hydrogens is 380 g/mol. The highest BCUT2D eigenvalue weighted by atomic mass is 15.1. The van der Waals surface area contributed by atoms with Crippen LogP contribution in [0.1, 0.15) is 34.3 Å². The van der Waals surface area contributed by atoms with Crippen molar-refractivity contribution in [3.05, 3.63) is 145 Å². The minimum absolute atomic E-state index is 0.0899. The van der Waals surface area contributed by atoms with Crippen molar-refractivity contribution in [2.24, 2.45) is 0 Å². The number of hydrogen-bond acceptors (Lipinski definition) is 2. The van der Waals surface area contributed by atoms with E-state index in [9.17, 15) is 0 Å². The summed E-state index contributed by atoms with van der Waals surface area (Å²) in [5.74, 6) is 0. The van der Waals surface area contributed by atoms with Crippen LogP contribution in [0.3, 0.4) is 0 Å². The largest absolute Gasteiger partial charge is 0.330 e. The van der Waals surface area contributed by atoms with Crippen LogP contribution in [0.4, 0.5) is 0 Å². The van der Waals surface area contributed by atoms with Gasteiger partial charge in [-0.2, -0.15) is 0 Å². The van der Waals surface area contributed by atoms with E-state index in [-0.39, 0.29) is 12.1 Å². The van der Waals surface area contributed by atoms with Crippen molar-refractivity contribution in [3.8, 4) is 0 Å². The third-order valence-corrected chi connectivity index (χ3v) is 5.70. The third kappa shape index (κ3) is 4.19. The summed E-state index contributed by atoms with van der Waals surface area (Å²) in [6, 6.07) is 30.4. The monoisotopic (exact) mass is 404 g/mol. The lowest BCUT2D eigenvalue weighted by molar-refractivity contribution is 0.579. The lowest BCUT2D eigenvalue weighted by Crippen LogP contribution is -2.14. The molecule has 0 spiro atoms. The molecule has 0 aliphatic rings. The van der Waals surface area contributed by atoms with Crippen LogP contribution in [0.15, 0.2) is 122 Å². The molecule has 0 N–H and O–H groups in total. The van der Waals surface area contributed by atoms with Gasteiger partial charge in [-0.25, -0.2) is 9.97 Å². The first-order chi connectivity index (χ1) is 15.4. The van der Waals surface area contributed by atoms with Gasteiger partial charge in [-0.15, -0.1) is 0 Å².